The molecule has 2 aromatic carbocycles. The second-order valence-electron chi connectivity index (χ2n) is 5.91. The first-order valence-corrected chi connectivity index (χ1v) is 10.8. The first-order chi connectivity index (χ1) is 12.8. The molecule has 27 heavy (non-hydrogen) atoms. The molecule has 0 saturated carbocycles. The summed E-state index contributed by atoms with van der Waals surface area (Å²) in [4.78, 5) is 12.9. The van der Waals surface area contributed by atoms with Crippen molar-refractivity contribution in [1.82, 2.24) is 0 Å². The summed E-state index contributed by atoms with van der Waals surface area (Å²) in [6, 6.07) is 12.5. The lowest BCUT2D eigenvalue weighted by atomic mass is 10.1. The fourth-order valence-corrected chi connectivity index (χ4v) is 4.12. The van der Waals surface area contributed by atoms with Gasteiger partial charge in [-0.1, -0.05) is 30.7 Å². The van der Waals surface area contributed by atoms with E-state index in [0.717, 1.165) is 10.6 Å². The van der Waals surface area contributed by atoms with Crippen LogP contribution in [-0.4, -0.2) is 33.2 Å². The maximum atomic E-state index is 12.9. The van der Waals surface area contributed by atoms with Crippen LogP contribution in [0.4, 0.5) is 11.4 Å². The van der Waals surface area contributed by atoms with E-state index in [1.807, 2.05) is 6.92 Å². The number of hydrogen-bond donors (Lipinski definition) is 1. The molecule has 0 aromatic heterocycles. The zero-order valence-corrected chi connectivity index (χ0v) is 17.0. The first kappa shape index (κ1) is 21.1. The zero-order valence-electron chi connectivity index (χ0n) is 15.5. The largest absolute Gasteiger partial charge is 0.494 e. The number of benzene rings is 2. The van der Waals surface area contributed by atoms with Gasteiger partial charge in [0.1, 0.15) is 11.8 Å². The van der Waals surface area contributed by atoms with Crippen LogP contribution in [0.25, 0.3) is 0 Å². The number of nitrogens with one attached hydrogen (secondary N) is 1. The molecule has 2 aromatic rings. The summed E-state index contributed by atoms with van der Waals surface area (Å²) in [6.07, 6.45) is 1.36. The number of halogens is 1. The molecule has 1 amide bonds. The molecule has 0 unspecified atom stereocenters. The molecule has 0 heterocycles. The number of amides is 1. The third-order valence-electron chi connectivity index (χ3n) is 3.80. The average Bonchev–Trinajstić information content (AvgIpc) is 2.59. The van der Waals surface area contributed by atoms with Crippen LogP contribution in [0.1, 0.15) is 20.3 Å². The van der Waals surface area contributed by atoms with Gasteiger partial charge in [-0.05, 0) is 43.7 Å². The van der Waals surface area contributed by atoms with Crippen molar-refractivity contribution in [3.63, 3.8) is 0 Å². The smallest absolute Gasteiger partial charge is 0.248 e. The monoisotopic (exact) mass is 410 g/mol. The minimum Gasteiger partial charge on any atom is -0.494 e. The van der Waals surface area contributed by atoms with Gasteiger partial charge in [0, 0.05) is 16.8 Å². The first-order valence-electron chi connectivity index (χ1n) is 8.55. The summed E-state index contributed by atoms with van der Waals surface area (Å²) in [5.41, 5.74) is 0.874. The molecular weight excluding hydrogens is 388 g/mol. The van der Waals surface area contributed by atoms with Crippen molar-refractivity contribution in [1.29, 1.82) is 0 Å². The molecule has 8 heteroatoms. The number of rotatable bonds is 8. The topological polar surface area (TPSA) is 75.7 Å². The van der Waals surface area contributed by atoms with Crippen LogP contribution < -0.4 is 14.4 Å². The van der Waals surface area contributed by atoms with Crippen LogP contribution in [0, 0.1) is 0 Å². The lowest BCUT2D eigenvalue weighted by Gasteiger charge is -2.30. The maximum Gasteiger partial charge on any atom is 0.248 e. The van der Waals surface area contributed by atoms with Crippen molar-refractivity contribution < 1.29 is 17.9 Å². The second-order valence-corrected chi connectivity index (χ2v) is 8.21. The molecule has 0 aliphatic heterocycles. The fraction of sp³-hybridized carbons (Fsp3) is 0.316. The van der Waals surface area contributed by atoms with Crippen LogP contribution in [0.3, 0.4) is 0 Å². The minimum atomic E-state index is -3.71. The number of nitrogens with zero attached hydrogens (tertiary/aromatic N) is 1. The molecule has 0 aliphatic rings. The van der Waals surface area contributed by atoms with Gasteiger partial charge in [-0.2, -0.15) is 0 Å². The van der Waals surface area contributed by atoms with Gasteiger partial charge in [-0.25, -0.2) is 8.42 Å². The van der Waals surface area contributed by atoms with Crippen LogP contribution in [-0.2, 0) is 14.8 Å². The predicted molar refractivity (Wildman–Crippen MR) is 109 cm³/mol. The summed E-state index contributed by atoms with van der Waals surface area (Å²) in [7, 11) is -3.71. The van der Waals surface area contributed by atoms with Gasteiger partial charge >= 0.3 is 0 Å². The Kier molecular flexibility index (Phi) is 7.10. The molecule has 146 valence electrons. The Labute approximate surface area is 165 Å². The van der Waals surface area contributed by atoms with E-state index in [2.05, 4.69) is 5.32 Å². The van der Waals surface area contributed by atoms with Crippen LogP contribution >= 0.6 is 11.6 Å². The zero-order chi connectivity index (χ0) is 20.0. The van der Waals surface area contributed by atoms with Crippen molar-refractivity contribution in [3.05, 3.63) is 53.6 Å². The maximum absolute atomic E-state index is 12.9. The molecule has 0 aliphatic carbocycles. The lowest BCUT2D eigenvalue weighted by Crippen LogP contribution is -2.47. The summed E-state index contributed by atoms with van der Waals surface area (Å²) in [5, 5.41) is 3.16. The average molecular weight is 411 g/mol. The second kappa shape index (κ2) is 9.10. The Bertz CT molecular complexity index is 902. The van der Waals surface area contributed by atoms with E-state index in [4.69, 9.17) is 16.3 Å². The quantitative estimate of drug-likeness (QED) is 0.715. The number of carbonyl (C=O) groups is 1. The van der Waals surface area contributed by atoms with E-state index >= 15 is 0 Å². The molecule has 0 spiro atoms. The lowest BCUT2D eigenvalue weighted by molar-refractivity contribution is -0.117. The van der Waals surface area contributed by atoms with Crippen molar-refractivity contribution in [3.8, 4) is 5.75 Å². The molecule has 1 N–H and O–H groups in total. The summed E-state index contributed by atoms with van der Waals surface area (Å²) in [6.45, 7) is 4.13. The van der Waals surface area contributed by atoms with E-state index in [1.54, 1.807) is 49.4 Å². The van der Waals surface area contributed by atoms with E-state index in [9.17, 15) is 13.2 Å². The van der Waals surface area contributed by atoms with Crippen molar-refractivity contribution >= 4 is 38.9 Å². The number of carbonyl (C=O) groups excluding carboxylic acids is 1. The van der Waals surface area contributed by atoms with Gasteiger partial charge < -0.3 is 10.1 Å². The molecule has 2 rings (SSSR count). The van der Waals surface area contributed by atoms with Gasteiger partial charge in [0.2, 0.25) is 15.9 Å². The third kappa shape index (κ3) is 5.61. The van der Waals surface area contributed by atoms with Crippen LogP contribution in [0.5, 0.6) is 5.75 Å². The van der Waals surface area contributed by atoms with Crippen molar-refractivity contribution in [2.75, 3.05) is 22.5 Å². The van der Waals surface area contributed by atoms with Crippen molar-refractivity contribution in [2.24, 2.45) is 0 Å². The Morgan fingerprint density at radius 1 is 1.19 bits per heavy atom. The van der Waals surface area contributed by atoms with E-state index in [1.165, 1.54) is 6.07 Å². The van der Waals surface area contributed by atoms with Gasteiger partial charge in [0.05, 0.1) is 18.6 Å². The minimum absolute atomic E-state index is 0.288. The normalized spacial score (nSPS) is 12.3. The molecule has 0 bridgehead atoms. The fourth-order valence-electron chi connectivity index (χ4n) is 2.73. The van der Waals surface area contributed by atoms with Gasteiger partial charge in [-0.3, -0.25) is 9.10 Å². The predicted octanol–water partition coefficient (Wildman–Crippen LogP) is 3.92. The standard InChI is InChI=1S/C19H23ClN2O4S/c1-4-18(19(23)21-15-9-7-11-17(13-15)26-5-2)22(27(3,24)25)16-10-6-8-14(20)12-16/h6-13,18H,4-5H2,1-3H3,(H,21,23)/t18-/m0/s1. The summed E-state index contributed by atoms with van der Waals surface area (Å²) in [5.74, 6) is 0.190. The third-order valence-corrected chi connectivity index (χ3v) is 5.22. The number of anilines is 2. The summed E-state index contributed by atoms with van der Waals surface area (Å²) >= 11 is 6.01. The SMILES string of the molecule is CCOc1cccc(NC(=O)[C@H](CC)N(c2cccc(Cl)c2)S(C)(=O)=O)c1. The molecule has 0 fully saturated rings. The summed E-state index contributed by atoms with van der Waals surface area (Å²) < 4.78 is 31.4. The Morgan fingerprint density at radius 2 is 1.89 bits per heavy atom. The highest BCUT2D eigenvalue weighted by molar-refractivity contribution is 7.92. The van der Waals surface area contributed by atoms with E-state index in [-0.39, 0.29) is 6.42 Å². The highest BCUT2D eigenvalue weighted by Crippen LogP contribution is 2.26. The highest BCUT2D eigenvalue weighted by atomic mass is 35.5. The molecule has 0 radical (unpaired) electrons. The molecule has 6 nitrogen and oxygen atoms in total. The van der Waals surface area contributed by atoms with Gasteiger partial charge in [0.25, 0.3) is 0 Å². The molecular formula is C19H23ClN2O4S. The van der Waals surface area contributed by atoms with Gasteiger partial charge in [-0.15, -0.1) is 0 Å². The molecule has 0 saturated heterocycles. The molecule has 1 atom stereocenters. The Morgan fingerprint density at radius 3 is 2.48 bits per heavy atom. The van der Waals surface area contributed by atoms with Gasteiger partial charge in [0.15, 0.2) is 0 Å². The Balaban J connectivity index is 2.33. The number of sulfonamides is 1. The highest BCUT2D eigenvalue weighted by Gasteiger charge is 2.31. The van der Waals surface area contributed by atoms with E-state index < -0.39 is 22.0 Å². The Hall–Kier alpha value is -2.25. The van der Waals surface area contributed by atoms with Crippen LogP contribution in [0.15, 0.2) is 48.5 Å². The number of hydrogen-bond acceptors (Lipinski definition) is 4. The number of ether oxygens (including phenoxy) is 1. The van der Waals surface area contributed by atoms with E-state index in [0.29, 0.717) is 28.8 Å². The van der Waals surface area contributed by atoms with Crippen molar-refractivity contribution in [2.45, 2.75) is 26.3 Å². The van der Waals surface area contributed by atoms with Crippen LogP contribution in [0.2, 0.25) is 5.02 Å².